The molecule has 0 saturated heterocycles. The van der Waals surface area contributed by atoms with Gasteiger partial charge in [0.15, 0.2) is 0 Å². The molecule has 27 heavy (non-hydrogen) atoms. The number of nitrogens with one attached hydrogen (secondary N) is 1. The monoisotopic (exact) mass is 418 g/mol. The Kier molecular flexibility index (Phi) is 4.66. The molecule has 3 aromatic rings. The number of carbonyl (C=O) groups is 1. The summed E-state index contributed by atoms with van der Waals surface area (Å²) in [6, 6.07) is 25.7. The van der Waals surface area contributed by atoms with Crippen molar-refractivity contribution in [3.05, 3.63) is 100 Å². The number of halogens is 1. The summed E-state index contributed by atoms with van der Waals surface area (Å²) in [7, 11) is 0. The van der Waals surface area contributed by atoms with Crippen LogP contribution >= 0.6 is 15.9 Å². The molecule has 1 amide bonds. The molecule has 1 N–H and O–H groups in total. The number of aliphatic imine (C=N–C) groups is 1. The van der Waals surface area contributed by atoms with Gasteiger partial charge in [0.2, 0.25) is 0 Å². The van der Waals surface area contributed by atoms with E-state index in [0.29, 0.717) is 11.4 Å². The number of rotatable bonds is 3. The van der Waals surface area contributed by atoms with Crippen LogP contribution in [0.3, 0.4) is 0 Å². The van der Waals surface area contributed by atoms with Gasteiger partial charge in [0, 0.05) is 10.0 Å². The second kappa shape index (κ2) is 7.12. The fourth-order valence-electron chi connectivity index (χ4n) is 3.77. The molecule has 0 saturated carbocycles. The van der Waals surface area contributed by atoms with Crippen molar-refractivity contribution in [3.63, 3.8) is 0 Å². The zero-order valence-corrected chi connectivity index (χ0v) is 16.5. The number of amides is 1. The van der Waals surface area contributed by atoms with E-state index >= 15 is 0 Å². The molecule has 4 rings (SSSR count). The molecule has 0 aliphatic carbocycles. The van der Waals surface area contributed by atoms with Crippen LogP contribution in [0.15, 0.2) is 88.3 Å². The molecule has 1 heterocycles. The summed E-state index contributed by atoms with van der Waals surface area (Å²) in [5.74, 6) is 0.535. The average molecular weight is 419 g/mol. The van der Waals surface area contributed by atoms with Gasteiger partial charge >= 0.3 is 0 Å². The highest BCUT2D eigenvalue weighted by Crippen LogP contribution is 2.46. The summed E-state index contributed by atoms with van der Waals surface area (Å²) in [6.45, 7) is 2.14. The van der Waals surface area contributed by atoms with Crippen molar-refractivity contribution in [1.82, 2.24) is 5.32 Å². The highest BCUT2D eigenvalue weighted by molar-refractivity contribution is 9.10. The van der Waals surface area contributed by atoms with E-state index in [9.17, 15) is 4.79 Å². The minimum absolute atomic E-state index is 0.150. The number of hydrogen-bond acceptors (Lipinski definition) is 2. The predicted octanol–water partition coefficient (Wildman–Crippen LogP) is 5.62. The first kappa shape index (κ1) is 17.7. The van der Waals surface area contributed by atoms with Crippen molar-refractivity contribution >= 4 is 33.4 Å². The van der Waals surface area contributed by atoms with Crippen LogP contribution in [0.25, 0.3) is 0 Å². The Balaban J connectivity index is 1.79. The molecule has 1 unspecified atom stereocenters. The SMILES string of the molecule is CCC1(c2ccccc2)C(NC(=O)c2ccc(Br)cc2)=Nc2ccccc21. The predicted molar refractivity (Wildman–Crippen MR) is 113 cm³/mol. The number of fused-ring (bicyclic) bond motifs is 1. The van der Waals surface area contributed by atoms with Gasteiger partial charge in [-0.15, -0.1) is 0 Å². The third-order valence-corrected chi connectivity index (χ3v) is 5.66. The zero-order chi connectivity index (χ0) is 18.9. The van der Waals surface area contributed by atoms with E-state index in [2.05, 4.69) is 46.4 Å². The van der Waals surface area contributed by atoms with Gasteiger partial charge in [0.1, 0.15) is 5.84 Å². The van der Waals surface area contributed by atoms with Crippen molar-refractivity contribution < 1.29 is 4.79 Å². The number of para-hydroxylation sites is 1. The maximum Gasteiger partial charge on any atom is 0.256 e. The van der Waals surface area contributed by atoms with Crippen LogP contribution in [0.5, 0.6) is 0 Å². The molecule has 0 radical (unpaired) electrons. The highest BCUT2D eigenvalue weighted by atomic mass is 79.9. The van der Waals surface area contributed by atoms with E-state index in [1.807, 2.05) is 48.5 Å². The van der Waals surface area contributed by atoms with Crippen molar-refractivity contribution in [2.75, 3.05) is 0 Å². The third-order valence-electron chi connectivity index (χ3n) is 5.14. The first-order chi connectivity index (χ1) is 13.1. The van der Waals surface area contributed by atoms with Gasteiger partial charge in [-0.25, -0.2) is 4.99 Å². The number of benzene rings is 3. The summed E-state index contributed by atoms with van der Waals surface area (Å²) in [5.41, 5.74) is 3.32. The van der Waals surface area contributed by atoms with Gasteiger partial charge in [0.25, 0.3) is 5.91 Å². The van der Waals surface area contributed by atoms with Crippen molar-refractivity contribution in [2.45, 2.75) is 18.8 Å². The van der Waals surface area contributed by atoms with Crippen LogP contribution < -0.4 is 5.32 Å². The third kappa shape index (κ3) is 3.00. The fourth-order valence-corrected chi connectivity index (χ4v) is 4.03. The van der Waals surface area contributed by atoms with Crippen LogP contribution in [-0.4, -0.2) is 11.7 Å². The minimum Gasteiger partial charge on any atom is -0.309 e. The van der Waals surface area contributed by atoms with Crippen molar-refractivity contribution in [2.24, 2.45) is 4.99 Å². The van der Waals surface area contributed by atoms with Crippen LogP contribution in [0.1, 0.15) is 34.8 Å². The van der Waals surface area contributed by atoms with E-state index in [0.717, 1.165) is 27.7 Å². The van der Waals surface area contributed by atoms with Crippen LogP contribution in [0.2, 0.25) is 0 Å². The number of carbonyl (C=O) groups excluding carboxylic acids is 1. The molecule has 0 aromatic heterocycles. The summed E-state index contributed by atoms with van der Waals surface area (Å²) in [5, 5.41) is 3.10. The highest BCUT2D eigenvalue weighted by Gasteiger charge is 2.44. The Labute approximate surface area is 167 Å². The van der Waals surface area contributed by atoms with E-state index in [1.165, 1.54) is 0 Å². The lowest BCUT2D eigenvalue weighted by Gasteiger charge is -2.31. The lowest BCUT2D eigenvalue weighted by molar-refractivity contribution is 0.0975. The van der Waals surface area contributed by atoms with E-state index in [1.54, 1.807) is 12.1 Å². The Morgan fingerprint density at radius 2 is 1.63 bits per heavy atom. The molecule has 134 valence electrons. The Morgan fingerprint density at radius 3 is 2.33 bits per heavy atom. The maximum atomic E-state index is 12.9. The molecule has 1 aliphatic heterocycles. The molecule has 3 aromatic carbocycles. The second-order valence-electron chi connectivity index (χ2n) is 6.56. The van der Waals surface area contributed by atoms with Gasteiger partial charge in [-0.05, 0) is 47.9 Å². The Hall–Kier alpha value is -2.72. The molecule has 0 spiro atoms. The first-order valence-electron chi connectivity index (χ1n) is 8.96. The topological polar surface area (TPSA) is 41.5 Å². The molecule has 0 fully saturated rings. The quantitative estimate of drug-likeness (QED) is 0.588. The molecule has 0 bridgehead atoms. The van der Waals surface area contributed by atoms with Crippen LogP contribution in [-0.2, 0) is 5.41 Å². The standard InChI is InChI=1S/C23H19BrN2O/c1-2-23(17-8-4-3-5-9-17)19-10-6-7-11-20(19)25-22(23)26-21(27)16-12-14-18(24)15-13-16/h3-15H,2H2,1H3,(H,25,26,27). The summed E-state index contributed by atoms with van der Waals surface area (Å²) in [6.07, 6.45) is 0.799. The molecule has 3 nitrogen and oxygen atoms in total. The number of hydrogen-bond donors (Lipinski definition) is 1. The van der Waals surface area contributed by atoms with Crippen LogP contribution in [0.4, 0.5) is 5.69 Å². The Morgan fingerprint density at radius 1 is 0.963 bits per heavy atom. The average Bonchev–Trinajstić information content (AvgIpc) is 3.03. The van der Waals surface area contributed by atoms with E-state index in [4.69, 9.17) is 4.99 Å². The van der Waals surface area contributed by atoms with Gasteiger partial charge in [-0.2, -0.15) is 0 Å². The fraction of sp³-hybridized carbons (Fsp3) is 0.130. The molecule has 1 aliphatic rings. The smallest absolute Gasteiger partial charge is 0.256 e. The molecule has 1 atom stereocenters. The van der Waals surface area contributed by atoms with E-state index < -0.39 is 5.41 Å². The normalized spacial score (nSPS) is 17.9. The zero-order valence-electron chi connectivity index (χ0n) is 14.9. The molecular weight excluding hydrogens is 400 g/mol. The largest absolute Gasteiger partial charge is 0.309 e. The summed E-state index contributed by atoms with van der Waals surface area (Å²) in [4.78, 5) is 17.7. The van der Waals surface area contributed by atoms with Crippen LogP contribution in [0, 0.1) is 0 Å². The van der Waals surface area contributed by atoms with E-state index in [-0.39, 0.29) is 5.91 Å². The lowest BCUT2D eigenvalue weighted by atomic mass is 9.72. The first-order valence-corrected chi connectivity index (χ1v) is 9.75. The Bertz CT molecular complexity index is 1010. The summed E-state index contributed by atoms with van der Waals surface area (Å²) >= 11 is 3.41. The summed E-state index contributed by atoms with van der Waals surface area (Å²) < 4.78 is 0.942. The molecular formula is C23H19BrN2O. The minimum atomic E-state index is -0.455. The van der Waals surface area contributed by atoms with Gasteiger partial charge < -0.3 is 5.32 Å². The number of amidine groups is 1. The molecule has 4 heteroatoms. The second-order valence-corrected chi connectivity index (χ2v) is 7.48. The number of nitrogens with zero attached hydrogens (tertiary/aromatic N) is 1. The van der Waals surface area contributed by atoms with Gasteiger partial charge in [0.05, 0.1) is 11.1 Å². The van der Waals surface area contributed by atoms with Gasteiger partial charge in [-0.3, -0.25) is 4.79 Å². The maximum absolute atomic E-state index is 12.9. The van der Waals surface area contributed by atoms with Gasteiger partial charge in [-0.1, -0.05) is 71.4 Å². The van der Waals surface area contributed by atoms with Crippen molar-refractivity contribution in [1.29, 1.82) is 0 Å². The van der Waals surface area contributed by atoms with Crippen molar-refractivity contribution in [3.8, 4) is 0 Å². The lowest BCUT2D eigenvalue weighted by Crippen LogP contribution is -2.45.